The lowest BCUT2D eigenvalue weighted by atomic mass is 9.99. The molecule has 0 spiro atoms. The molecule has 1 heterocycles. The lowest BCUT2D eigenvalue weighted by Gasteiger charge is -2.09. The highest BCUT2D eigenvalue weighted by Crippen LogP contribution is 2.32. The van der Waals surface area contributed by atoms with Crippen LogP contribution in [-0.4, -0.2) is 16.8 Å². The van der Waals surface area contributed by atoms with Crippen LogP contribution in [-0.2, 0) is 25.9 Å². The van der Waals surface area contributed by atoms with Crippen molar-refractivity contribution in [1.82, 2.24) is 0 Å². The summed E-state index contributed by atoms with van der Waals surface area (Å²) < 4.78 is 5.55. The second-order valence-electron chi connectivity index (χ2n) is 5.47. The largest absolute Gasteiger partial charge is 0.508 e. The summed E-state index contributed by atoms with van der Waals surface area (Å²) in [6.07, 6.45) is 3.52. The smallest absolute Gasteiger partial charge is 0.123 e. The fourth-order valence-corrected chi connectivity index (χ4v) is 2.88. The van der Waals surface area contributed by atoms with E-state index in [1.807, 2.05) is 30.3 Å². The van der Waals surface area contributed by atoms with Crippen LogP contribution in [0.25, 0.3) is 0 Å². The first-order chi connectivity index (χ1) is 10.3. The molecule has 3 nitrogen and oxygen atoms in total. The van der Waals surface area contributed by atoms with Crippen LogP contribution in [0.15, 0.2) is 36.4 Å². The van der Waals surface area contributed by atoms with Gasteiger partial charge in [-0.1, -0.05) is 24.3 Å². The fraction of sp³-hybridized carbons (Fsp3) is 0.333. The maximum absolute atomic E-state index is 10.1. The van der Waals surface area contributed by atoms with Crippen molar-refractivity contribution in [3.63, 3.8) is 0 Å². The molecule has 3 heteroatoms. The van der Waals surface area contributed by atoms with Gasteiger partial charge >= 0.3 is 0 Å². The molecule has 0 aromatic heterocycles. The average Bonchev–Trinajstić information content (AvgIpc) is 2.95. The Bertz CT molecular complexity index is 634. The highest BCUT2D eigenvalue weighted by atomic mass is 16.5. The van der Waals surface area contributed by atoms with Crippen LogP contribution in [0.3, 0.4) is 0 Å². The van der Waals surface area contributed by atoms with Gasteiger partial charge in [0.05, 0.1) is 13.2 Å². The van der Waals surface area contributed by atoms with E-state index < -0.39 is 0 Å². The van der Waals surface area contributed by atoms with E-state index in [-0.39, 0.29) is 6.61 Å². The number of phenolic OH excluding ortho intramolecular Hbond substituents is 1. The third-order valence-corrected chi connectivity index (χ3v) is 4.07. The van der Waals surface area contributed by atoms with Crippen molar-refractivity contribution in [1.29, 1.82) is 0 Å². The van der Waals surface area contributed by atoms with E-state index in [4.69, 9.17) is 4.74 Å². The van der Waals surface area contributed by atoms with Gasteiger partial charge in [-0.2, -0.15) is 0 Å². The molecule has 3 rings (SSSR count). The Hall–Kier alpha value is -2.00. The minimum atomic E-state index is 0.0775. The molecule has 2 aromatic rings. The quantitative estimate of drug-likeness (QED) is 0.887. The van der Waals surface area contributed by atoms with E-state index in [2.05, 4.69) is 6.07 Å². The van der Waals surface area contributed by atoms with Crippen LogP contribution < -0.4 is 4.74 Å². The molecule has 2 N–H and O–H groups in total. The summed E-state index contributed by atoms with van der Waals surface area (Å²) in [5.41, 5.74) is 4.20. The molecular weight excluding hydrogens is 264 g/mol. The number of hydrogen-bond acceptors (Lipinski definition) is 3. The molecule has 2 aromatic carbocycles. The van der Waals surface area contributed by atoms with Crippen molar-refractivity contribution in [3.8, 4) is 11.5 Å². The third kappa shape index (κ3) is 3.03. The van der Waals surface area contributed by atoms with Crippen LogP contribution in [0.5, 0.6) is 11.5 Å². The van der Waals surface area contributed by atoms with Gasteiger partial charge in [-0.05, 0) is 48.1 Å². The van der Waals surface area contributed by atoms with Crippen LogP contribution in [0.1, 0.15) is 28.7 Å². The van der Waals surface area contributed by atoms with Gasteiger partial charge in [-0.3, -0.25) is 0 Å². The van der Waals surface area contributed by atoms with Crippen molar-refractivity contribution in [2.75, 3.05) is 6.61 Å². The molecule has 0 saturated heterocycles. The molecule has 1 aliphatic rings. The highest BCUT2D eigenvalue weighted by molar-refractivity contribution is 5.47. The zero-order chi connectivity index (χ0) is 14.7. The third-order valence-electron chi connectivity index (χ3n) is 4.07. The molecule has 0 saturated carbocycles. The minimum Gasteiger partial charge on any atom is -0.508 e. The van der Waals surface area contributed by atoms with Gasteiger partial charge in [0.15, 0.2) is 0 Å². The lowest BCUT2D eigenvalue weighted by Crippen LogP contribution is -1.96. The predicted molar refractivity (Wildman–Crippen MR) is 81.7 cm³/mol. The van der Waals surface area contributed by atoms with E-state index >= 15 is 0 Å². The Morgan fingerprint density at radius 2 is 1.76 bits per heavy atom. The van der Waals surface area contributed by atoms with Crippen molar-refractivity contribution in [3.05, 3.63) is 58.7 Å². The zero-order valence-corrected chi connectivity index (χ0v) is 12.0. The van der Waals surface area contributed by atoms with Gasteiger partial charge in [0.1, 0.15) is 11.5 Å². The Morgan fingerprint density at radius 1 is 1.00 bits per heavy atom. The van der Waals surface area contributed by atoms with Crippen molar-refractivity contribution in [2.24, 2.45) is 0 Å². The Balaban J connectivity index is 1.66. The van der Waals surface area contributed by atoms with Crippen LogP contribution in [0.4, 0.5) is 0 Å². The molecule has 0 radical (unpaired) electrons. The normalized spacial score (nSPS) is 13.0. The number of phenols is 1. The number of fused-ring (bicyclic) bond motifs is 1. The summed E-state index contributed by atoms with van der Waals surface area (Å²) in [6, 6.07) is 11.7. The molecule has 0 aliphatic carbocycles. The number of ether oxygens (including phenoxy) is 1. The summed E-state index contributed by atoms with van der Waals surface area (Å²) >= 11 is 0. The standard InChI is InChI=1S/C18H20O3/c19-12-16-5-2-1-4-13(16)6-3-7-14-11-18-15(8-9-21-18)10-17(14)20/h1-2,4-5,10-11,19-20H,3,6-9,12H2. The Labute approximate surface area is 124 Å². The topological polar surface area (TPSA) is 49.7 Å². The average molecular weight is 284 g/mol. The molecule has 0 fully saturated rings. The maximum Gasteiger partial charge on any atom is 0.123 e. The van der Waals surface area contributed by atoms with E-state index in [0.29, 0.717) is 12.4 Å². The minimum absolute atomic E-state index is 0.0775. The number of aryl methyl sites for hydroxylation is 2. The highest BCUT2D eigenvalue weighted by Gasteiger charge is 2.15. The van der Waals surface area contributed by atoms with Crippen molar-refractivity contribution in [2.45, 2.75) is 32.3 Å². The first-order valence-electron chi connectivity index (χ1n) is 7.43. The molecule has 0 bridgehead atoms. The first kappa shape index (κ1) is 14.0. The Morgan fingerprint density at radius 3 is 2.57 bits per heavy atom. The van der Waals surface area contributed by atoms with Crippen LogP contribution in [0.2, 0.25) is 0 Å². The summed E-state index contributed by atoms with van der Waals surface area (Å²) in [5.74, 6) is 1.29. The molecule has 1 aliphatic heterocycles. The number of aromatic hydroxyl groups is 1. The van der Waals surface area contributed by atoms with Crippen LogP contribution in [0, 0.1) is 0 Å². The van der Waals surface area contributed by atoms with Crippen molar-refractivity contribution < 1.29 is 14.9 Å². The molecule has 0 amide bonds. The molecular formula is C18H20O3. The van der Waals surface area contributed by atoms with Gasteiger partial charge in [-0.25, -0.2) is 0 Å². The second kappa shape index (κ2) is 6.19. The SMILES string of the molecule is OCc1ccccc1CCCc1cc2c(cc1O)CCO2. The molecule has 0 unspecified atom stereocenters. The maximum atomic E-state index is 10.1. The van der Waals surface area contributed by atoms with Crippen molar-refractivity contribution >= 4 is 0 Å². The Kier molecular flexibility index (Phi) is 4.11. The van der Waals surface area contributed by atoms with Crippen LogP contribution >= 0.6 is 0 Å². The van der Waals surface area contributed by atoms with E-state index in [9.17, 15) is 10.2 Å². The van der Waals surface area contributed by atoms with E-state index in [0.717, 1.165) is 48.1 Å². The van der Waals surface area contributed by atoms with E-state index in [1.165, 1.54) is 5.56 Å². The first-order valence-corrected chi connectivity index (χ1v) is 7.43. The fourth-order valence-electron chi connectivity index (χ4n) is 2.88. The lowest BCUT2D eigenvalue weighted by molar-refractivity contribution is 0.280. The molecule has 110 valence electrons. The zero-order valence-electron chi connectivity index (χ0n) is 12.0. The number of aliphatic hydroxyl groups excluding tert-OH is 1. The van der Waals surface area contributed by atoms with E-state index in [1.54, 1.807) is 0 Å². The monoisotopic (exact) mass is 284 g/mol. The summed E-state index contributed by atoms with van der Waals surface area (Å²) in [6.45, 7) is 0.788. The second-order valence-corrected chi connectivity index (χ2v) is 5.47. The molecule has 0 atom stereocenters. The summed E-state index contributed by atoms with van der Waals surface area (Å²) in [7, 11) is 0. The molecule has 21 heavy (non-hydrogen) atoms. The number of hydrogen-bond donors (Lipinski definition) is 2. The van der Waals surface area contributed by atoms with Gasteiger partial charge in [0, 0.05) is 12.0 Å². The number of rotatable bonds is 5. The summed E-state index contributed by atoms with van der Waals surface area (Å²) in [5, 5.41) is 19.4. The van der Waals surface area contributed by atoms with Gasteiger partial charge < -0.3 is 14.9 Å². The van der Waals surface area contributed by atoms with Gasteiger partial charge in [0.2, 0.25) is 0 Å². The number of aliphatic hydroxyl groups is 1. The predicted octanol–water partition coefficient (Wildman–Crippen LogP) is 2.99. The van der Waals surface area contributed by atoms with Gasteiger partial charge in [-0.15, -0.1) is 0 Å². The van der Waals surface area contributed by atoms with Gasteiger partial charge in [0.25, 0.3) is 0 Å². The summed E-state index contributed by atoms with van der Waals surface area (Å²) in [4.78, 5) is 0. The number of benzene rings is 2.